The number of fused-ring (bicyclic) bond motifs is 1. The molecule has 3 heterocycles. The number of aromatic amines is 1. The highest BCUT2D eigenvalue weighted by Crippen LogP contribution is 2.25. The molecule has 2 aromatic heterocycles. The molecule has 3 aromatic rings. The molecule has 1 atom stereocenters. The summed E-state index contributed by atoms with van der Waals surface area (Å²) in [6.07, 6.45) is 5.12. The molecule has 9 heteroatoms. The number of rotatable bonds is 5. The van der Waals surface area contributed by atoms with Crippen molar-refractivity contribution in [2.24, 2.45) is 0 Å². The summed E-state index contributed by atoms with van der Waals surface area (Å²) in [4.78, 5) is 26.1. The Hall–Kier alpha value is -3.23. The standard InChI is InChI=1S/C19H20F2N6O/c20-12-3-4-16(15(21)8-12)23-9-17(28)26-13-2-1-7-27(10-13)19-14-5-6-22-18(14)24-11-25-19/h3-6,8,11,13,23H,1-2,7,9-10H2,(H,26,28)(H,22,24,25)/t13-/m0/s1. The highest BCUT2D eigenvalue weighted by molar-refractivity contribution is 5.87. The predicted octanol–water partition coefficient (Wildman–Crippen LogP) is 2.43. The number of anilines is 2. The summed E-state index contributed by atoms with van der Waals surface area (Å²) < 4.78 is 26.6. The number of hydrogen-bond acceptors (Lipinski definition) is 5. The maximum atomic E-state index is 13.6. The zero-order valence-corrected chi connectivity index (χ0v) is 15.1. The average Bonchev–Trinajstić information content (AvgIpc) is 3.16. The summed E-state index contributed by atoms with van der Waals surface area (Å²) in [7, 11) is 0. The molecule has 3 N–H and O–H groups in total. The van der Waals surface area contributed by atoms with Gasteiger partial charge in [0.1, 0.15) is 29.4 Å². The topological polar surface area (TPSA) is 85.9 Å². The number of nitrogens with one attached hydrogen (secondary N) is 3. The lowest BCUT2D eigenvalue weighted by molar-refractivity contribution is -0.120. The Morgan fingerprint density at radius 1 is 1.29 bits per heavy atom. The third-order valence-corrected chi connectivity index (χ3v) is 4.79. The van der Waals surface area contributed by atoms with Crippen LogP contribution in [0.2, 0.25) is 0 Å². The number of halogens is 2. The summed E-state index contributed by atoms with van der Waals surface area (Å²) in [6, 6.07) is 5.10. The van der Waals surface area contributed by atoms with Gasteiger partial charge in [-0.1, -0.05) is 0 Å². The first-order valence-electron chi connectivity index (χ1n) is 9.11. The Balaban J connectivity index is 1.36. The Morgan fingerprint density at radius 3 is 3.04 bits per heavy atom. The number of aromatic nitrogens is 3. The molecule has 0 aliphatic carbocycles. The lowest BCUT2D eigenvalue weighted by Gasteiger charge is -2.34. The van der Waals surface area contributed by atoms with E-state index in [0.717, 1.165) is 48.4 Å². The van der Waals surface area contributed by atoms with Crippen LogP contribution in [-0.4, -0.2) is 46.5 Å². The molecule has 1 amide bonds. The summed E-state index contributed by atoms with van der Waals surface area (Å²) in [5, 5.41) is 6.62. The van der Waals surface area contributed by atoms with Crippen molar-refractivity contribution in [3.63, 3.8) is 0 Å². The second-order valence-corrected chi connectivity index (χ2v) is 6.77. The van der Waals surface area contributed by atoms with Gasteiger partial charge in [-0.25, -0.2) is 18.7 Å². The molecule has 28 heavy (non-hydrogen) atoms. The van der Waals surface area contributed by atoms with Crippen molar-refractivity contribution in [3.8, 4) is 0 Å². The molecule has 4 rings (SSSR count). The highest BCUT2D eigenvalue weighted by atomic mass is 19.1. The van der Waals surface area contributed by atoms with Crippen LogP contribution in [0.5, 0.6) is 0 Å². The highest BCUT2D eigenvalue weighted by Gasteiger charge is 2.24. The SMILES string of the molecule is O=C(CNc1ccc(F)cc1F)N[C@H]1CCCN(c2ncnc3[nH]ccc23)C1. The van der Waals surface area contributed by atoms with Gasteiger partial charge in [-0.05, 0) is 31.0 Å². The third-order valence-electron chi connectivity index (χ3n) is 4.79. The van der Waals surface area contributed by atoms with Gasteiger partial charge in [0.05, 0.1) is 17.6 Å². The maximum absolute atomic E-state index is 13.6. The van der Waals surface area contributed by atoms with E-state index in [1.807, 2.05) is 12.3 Å². The molecule has 7 nitrogen and oxygen atoms in total. The molecule has 0 saturated carbocycles. The summed E-state index contributed by atoms with van der Waals surface area (Å²) in [5.74, 6) is -0.784. The minimum absolute atomic E-state index is 0.0370. The molecule has 1 aromatic carbocycles. The normalized spacial score (nSPS) is 16.9. The summed E-state index contributed by atoms with van der Waals surface area (Å²) in [6.45, 7) is 1.39. The van der Waals surface area contributed by atoms with Gasteiger partial charge < -0.3 is 20.5 Å². The van der Waals surface area contributed by atoms with Gasteiger partial charge in [-0.15, -0.1) is 0 Å². The average molecular weight is 386 g/mol. The summed E-state index contributed by atoms with van der Waals surface area (Å²) >= 11 is 0. The van der Waals surface area contributed by atoms with Crippen molar-refractivity contribution in [3.05, 3.63) is 48.4 Å². The maximum Gasteiger partial charge on any atom is 0.239 e. The van der Waals surface area contributed by atoms with Crippen LogP contribution in [-0.2, 0) is 4.79 Å². The first-order valence-corrected chi connectivity index (χ1v) is 9.11. The van der Waals surface area contributed by atoms with Gasteiger partial charge in [-0.2, -0.15) is 0 Å². The number of hydrogen-bond donors (Lipinski definition) is 3. The minimum atomic E-state index is -0.726. The van der Waals surface area contributed by atoms with Crippen LogP contribution < -0.4 is 15.5 Å². The quantitative estimate of drug-likeness (QED) is 0.627. The number of carbonyl (C=O) groups excluding carboxylic acids is 1. The van der Waals surface area contributed by atoms with Crippen LogP contribution in [0.3, 0.4) is 0 Å². The fourth-order valence-corrected chi connectivity index (χ4v) is 3.49. The van der Waals surface area contributed by atoms with E-state index >= 15 is 0 Å². The van der Waals surface area contributed by atoms with E-state index in [0.29, 0.717) is 6.54 Å². The van der Waals surface area contributed by atoms with E-state index in [2.05, 4.69) is 30.5 Å². The van der Waals surface area contributed by atoms with Gasteiger partial charge in [0.15, 0.2) is 0 Å². The number of benzene rings is 1. The largest absolute Gasteiger partial charge is 0.374 e. The zero-order chi connectivity index (χ0) is 19.5. The molecule has 1 saturated heterocycles. The second kappa shape index (κ2) is 7.79. The van der Waals surface area contributed by atoms with E-state index in [9.17, 15) is 13.6 Å². The predicted molar refractivity (Wildman–Crippen MR) is 102 cm³/mol. The number of amides is 1. The molecule has 146 valence electrons. The van der Waals surface area contributed by atoms with Gasteiger partial charge in [0.2, 0.25) is 5.91 Å². The Bertz CT molecular complexity index is 991. The van der Waals surface area contributed by atoms with Crippen LogP contribution in [0.25, 0.3) is 11.0 Å². The molecule has 0 bridgehead atoms. The van der Waals surface area contributed by atoms with Gasteiger partial charge in [0, 0.05) is 31.4 Å². The molecule has 0 radical (unpaired) electrons. The van der Waals surface area contributed by atoms with Gasteiger partial charge in [0.25, 0.3) is 0 Å². The number of nitrogens with zero attached hydrogens (tertiary/aromatic N) is 3. The van der Waals surface area contributed by atoms with Crippen LogP contribution in [0.15, 0.2) is 36.8 Å². The van der Waals surface area contributed by atoms with Crippen LogP contribution in [0.4, 0.5) is 20.3 Å². The van der Waals surface area contributed by atoms with Crippen molar-refractivity contribution in [2.75, 3.05) is 29.9 Å². The molecule has 1 fully saturated rings. The van der Waals surface area contributed by atoms with E-state index in [1.165, 1.54) is 12.4 Å². The minimum Gasteiger partial charge on any atom is -0.374 e. The van der Waals surface area contributed by atoms with Crippen molar-refractivity contribution < 1.29 is 13.6 Å². The van der Waals surface area contributed by atoms with Crippen LogP contribution in [0.1, 0.15) is 12.8 Å². The van der Waals surface area contributed by atoms with E-state index in [1.54, 1.807) is 0 Å². The fraction of sp³-hybridized carbons (Fsp3) is 0.316. The molecule has 0 unspecified atom stereocenters. The Labute approximate surface area is 160 Å². The molecular formula is C19H20F2N6O. The molecule has 0 spiro atoms. The van der Waals surface area contributed by atoms with Crippen LogP contribution in [0, 0.1) is 11.6 Å². The van der Waals surface area contributed by atoms with E-state index in [4.69, 9.17) is 0 Å². The molecule has 1 aliphatic heterocycles. The van der Waals surface area contributed by atoms with Crippen molar-refractivity contribution in [2.45, 2.75) is 18.9 Å². The first kappa shape index (κ1) is 18.1. The summed E-state index contributed by atoms with van der Waals surface area (Å²) in [5.41, 5.74) is 0.874. The number of carbonyl (C=O) groups is 1. The van der Waals surface area contributed by atoms with Gasteiger partial charge >= 0.3 is 0 Å². The lowest BCUT2D eigenvalue weighted by Crippen LogP contribution is -2.49. The Morgan fingerprint density at radius 2 is 2.18 bits per heavy atom. The van der Waals surface area contributed by atoms with E-state index < -0.39 is 11.6 Å². The second-order valence-electron chi connectivity index (χ2n) is 6.77. The third kappa shape index (κ3) is 3.88. The van der Waals surface area contributed by atoms with E-state index in [-0.39, 0.29) is 24.2 Å². The van der Waals surface area contributed by atoms with Crippen LogP contribution >= 0.6 is 0 Å². The molecule has 1 aliphatic rings. The van der Waals surface area contributed by atoms with Crippen molar-refractivity contribution >= 4 is 28.4 Å². The first-order chi connectivity index (χ1) is 13.6. The number of H-pyrrole nitrogens is 1. The van der Waals surface area contributed by atoms with Gasteiger partial charge in [-0.3, -0.25) is 4.79 Å². The fourth-order valence-electron chi connectivity index (χ4n) is 3.49. The Kier molecular flexibility index (Phi) is 5.05. The van der Waals surface area contributed by atoms with Crippen molar-refractivity contribution in [1.29, 1.82) is 0 Å². The molecular weight excluding hydrogens is 366 g/mol. The monoisotopic (exact) mass is 386 g/mol. The van der Waals surface area contributed by atoms with Crippen molar-refractivity contribution in [1.82, 2.24) is 20.3 Å². The number of piperidine rings is 1. The lowest BCUT2D eigenvalue weighted by atomic mass is 10.1. The zero-order valence-electron chi connectivity index (χ0n) is 15.1. The smallest absolute Gasteiger partial charge is 0.239 e.